The molecule has 4 rings (SSSR count). The summed E-state index contributed by atoms with van der Waals surface area (Å²) in [7, 11) is -3.41. The van der Waals surface area contributed by atoms with E-state index in [1.54, 1.807) is 35.6 Å². The van der Waals surface area contributed by atoms with Gasteiger partial charge in [0, 0.05) is 24.0 Å². The number of halogens is 1. The van der Waals surface area contributed by atoms with Gasteiger partial charge in [-0.3, -0.25) is 0 Å². The molecule has 3 aromatic rings. The number of hydrogen-bond donors (Lipinski definition) is 0. The largest absolute Gasteiger partial charge is 0.348 e. The Hall–Kier alpha value is -1.89. The van der Waals surface area contributed by atoms with E-state index in [-0.39, 0.29) is 4.90 Å². The summed E-state index contributed by atoms with van der Waals surface area (Å²) in [6, 6.07) is 16.8. The van der Waals surface area contributed by atoms with Crippen LogP contribution in [-0.4, -0.2) is 31.7 Å². The Morgan fingerprint density at radius 1 is 1.00 bits per heavy atom. The van der Waals surface area contributed by atoms with Gasteiger partial charge in [0.25, 0.3) is 0 Å². The minimum absolute atomic E-state index is 0.241. The summed E-state index contributed by atoms with van der Waals surface area (Å²) < 4.78 is 25.8. The SMILES string of the molecule is O=S(=O)(c1ccccc1Cl)C1CCN(c2nc(-c3ccccc3)cs2)CC1. The van der Waals surface area contributed by atoms with Gasteiger partial charge in [-0.2, -0.15) is 0 Å². The second kappa shape index (κ2) is 7.62. The monoisotopic (exact) mass is 418 g/mol. The number of benzene rings is 2. The van der Waals surface area contributed by atoms with Crippen LogP contribution < -0.4 is 4.90 Å². The second-order valence-electron chi connectivity index (χ2n) is 6.54. The van der Waals surface area contributed by atoms with Crippen molar-refractivity contribution < 1.29 is 8.42 Å². The predicted molar refractivity (Wildman–Crippen MR) is 111 cm³/mol. The topological polar surface area (TPSA) is 50.3 Å². The molecule has 0 unspecified atom stereocenters. The highest BCUT2D eigenvalue weighted by molar-refractivity contribution is 7.92. The van der Waals surface area contributed by atoms with Gasteiger partial charge in [-0.25, -0.2) is 13.4 Å². The molecule has 0 aliphatic carbocycles. The van der Waals surface area contributed by atoms with Gasteiger partial charge < -0.3 is 4.90 Å². The van der Waals surface area contributed by atoms with Crippen LogP contribution in [0.5, 0.6) is 0 Å². The lowest BCUT2D eigenvalue weighted by Gasteiger charge is -2.31. The summed E-state index contributed by atoms with van der Waals surface area (Å²) in [5.74, 6) is 0. The fourth-order valence-electron chi connectivity index (χ4n) is 3.36. The third kappa shape index (κ3) is 3.74. The molecular weight excluding hydrogens is 400 g/mol. The third-order valence-electron chi connectivity index (χ3n) is 4.86. The maximum absolute atomic E-state index is 12.9. The van der Waals surface area contributed by atoms with Crippen LogP contribution in [0.4, 0.5) is 5.13 Å². The lowest BCUT2D eigenvalue weighted by Crippen LogP contribution is -2.39. The van der Waals surface area contributed by atoms with Crippen molar-refractivity contribution in [3.05, 3.63) is 65.0 Å². The summed E-state index contributed by atoms with van der Waals surface area (Å²) in [4.78, 5) is 7.16. The van der Waals surface area contributed by atoms with Crippen molar-refractivity contribution in [2.45, 2.75) is 23.0 Å². The van der Waals surface area contributed by atoms with E-state index in [4.69, 9.17) is 16.6 Å². The van der Waals surface area contributed by atoms with Crippen LogP contribution in [-0.2, 0) is 9.84 Å². The third-order valence-corrected chi connectivity index (χ3v) is 8.52. The van der Waals surface area contributed by atoms with Crippen LogP contribution in [0.25, 0.3) is 11.3 Å². The molecule has 27 heavy (non-hydrogen) atoms. The van der Waals surface area contributed by atoms with Gasteiger partial charge in [0.2, 0.25) is 0 Å². The minimum atomic E-state index is -3.41. The molecule has 2 heterocycles. The Balaban J connectivity index is 1.47. The lowest BCUT2D eigenvalue weighted by atomic mass is 10.1. The van der Waals surface area contributed by atoms with Gasteiger partial charge >= 0.3 is 0 Å². The molecule has 1 aromatic heterocycles. The van der Waals surface area contributed by atoms with E-state index in [9.17, 15) is 8.42 Å². The quantitative estimate of drug-likeness (QED) is 0.604. The highest BCUT2D eigenvalue weighted by Gasteiger charge is 2.33. The maximum atomic E-state index is 12.9. The van der Waals surface area contributed by atoms with Crippen LogP contribution in [0, 0.1) is 0 Å². The van der Waals surface area contributed by atoms with Crippen molar-refractivity contribution in [3.63, 3.8) is 0 Å². The molecule has 1 fully saturated rings. The summed E-state index contributed by atoms with van der Waals surface area (Å²) in [6.07, 6.45) is 1.15. The molecule has 1 saturated heterocycles. The minimum Gasteiger partial charge on any atom is -0.348 e. The molecule has 4 nitrogen and oxygen atoms in total. The van der Waals surface area contributed by atoms with E-state index >= 15 is 0 Å². The number of rotatable bonds is 4. The number of piperidine rings is 1. The molecule has 0 amide bonds. The molecule has 7 heteroatoms. The first-order chi connectivity index (χ1) is 13.1. The van der Waals surface area contributed by atoms with E-state index in [1.165, 1.54) is 0 Å². The van der Waals surface area contributed by atoms with Gasteiger partial charge in [-0.05, 0) is 25.0 Å². The average Bonchev–Trinajstić information content (AvgIpc) is 3.19. The van der Waals surface area contributed by atoms with Crippen LogP contribution in [0.1, 0.15) is 12.8 Å². The van der Waals surface area contributed by atoms with Crippen LogP contribution in [0.3, 0.4) is 0 Å². The van der Waals surface area contributed by atoms with Gasteiger partial charge in [0.1, 0.15) is 0 Å². The first kappa shape index (κ1) is 18.5. The Labute approximate surface area is 168 Å². The highest BCUT2D eigenvalue weighted by Crippen LogP contribution is 2.33. The fourth-order valence-corrected chi connectivity index (χ4v) is 6.51. The van der Waals surface area contributed by atoms with Gasteiger partial charge in [0.05, 0.1) is 20.9 Å². The Morgan fingerprint density at radius 2 is 1.67 bits per heavy atom. The smallest absolute Gasteiger partial charge is 0.185 e. The van der Waals surface area contributed by atoms with Crippen molar-refractivity contribution in [3.8, 4) is 11.3 Å². The standard InChI is InChI=1S/C20H19ClN2O2S2/c21-17-8-4-5-9-19(17)27(24,25)16-10-12-23(13-11-16)20-22-18(14-26-20)15-6-2-1-3-7-15/h1-9,14,16H,10-13H2. The number of nitrogens with zero attached hydrogens (tertiary/aromatic N) is 2. The number of hydrogen-bond acceptors (Lipinski definition) is 5. The zero-order chi connectivity index (χ0) is 18.9. The van der Waals surface area contributed by atoms with E-state index < -0.39 is 15.1 Å². The first-order valence-corrected chi connectivity index (χ1v) is 11.6. The van der Waals surface area contributed by atoms with Gasteiger partial charge in [-0.1, -0.05) is 54.1 Å². The molecule has 1 aliphatic rings. The van der Waals surface area contributed by atoms with E-state index in [0.717, 1.165) is 16.4 Å². The number of aromatic nitrogens is 1. The number of sulfone groups is 1. The maximum Gasteiger partial charge on any atom is 0.185 e. The Morgan fingerprint density at radius 3 is 2.37 bits per heavy atom. The highest BCUT2D eigenvalue weighted by atomic mass is 35.5. The lowest BCUT2D eigenvalue weighted by molar-refractivity contribution is 0.529. The van der Waals surface area contributed by atoms with E-state index in [0.29, 0.717) is 31.0 Å². The molecule has 0 N–H and O–H groups in total. The van der Waals surface area contributed by atoms with Crippen LogP contribution in [0.15, 0.2) is 64.9 Å². The molecule has 0 atom stereocenters. The predicted octanol–water partition coefficient (Wildman–Crippen LogP) is 4.91. The summed E-state index contributed by atoms with van der Waals surface area (Å²) >= 11 is 7.72. The van der Waals surface area contributed by atoms with Crippen molar-refractivity contribution in [1.29, 1.82) is 0 Å². The van der Waals surface area contributed by atoms with Crippen LogP contribution >= 0.6 is 22.9 Å². The zero-order valence-electron chi connectivity index (χ0n) is 14.6. The molecule has 1 aliphatic heterocycles. The van der Waals surface area contributed by atoms with Crippen molar-refractivity contribution in [2.24, 2.45) is 0 Å². The van der Waals surface area contributed by atoms with Crippen LogP contribution in [0.2, 0.25) is 5.02 Å². The molecular formula is C20H19ClN2O2S2. The van der Waals surface area contributed by atoms with E-state index in [1.807, 2.05) is 30.3 Å². The van der Waals surface area contributed by atoms with E-state index in [2.05, 4.69) is 10.3 Å². The normalized spacial score (nSPS) is 15.8. The molecule has 0 spiro atoms. The average molecular weight is 419 g/mol. The summed E-state index contributed by atoms with van der Waals surface area (Å²) in [5, 5.41) is 2.90. The molecule has 140 valence electrons. The fraction of sp³-hybridized carbons (Fsp3) is 0.250. The first-order valence-electron chi connectivity index (χ1n) is 8.80. The second-order valence-corrected chi connectivity index (χ2v) is 9.98. The molecule has 0 radical (unpaired) electrons. The van der Waals surface area contributed by atoms with Gasteiger partial charge in [0.15, 0.2) is 15.0 Å². The van der Waals surface area contributed by atoms with Crippen molar-refractivity contribution >= 4 is 37.9 Å². The number of anilines is 1. The molecule has 0 saturated carbocycles. The van der Waals surface area contributed by atoms with Crippen molar-refractivity contribution in [2.75, 3.05) is 18.0 Å². The Bertz CT molecular complexity index is 1030. The zero-order valence-corrected chi connectivity index (χ0v) is 17.0. The molecule has 0 bridgehead atoms. The Kier molecular flexibility index (Phi) is 5.21. The molecule has 2 aromatic carbocycles. The van der Waals surface area contributed by atoms with Gasteiger partial charge in [-0.15, -0.1) is 11.3 Å². The summed E-state index contributed by atoms with van der Waals surface area (Å²) in [6.45, 7) is 1.35. The van der Waals surface area contributed by atoms with Crippen molar-refractivity contribution in [1.82, 2.24) is 4.98 Å². The summed E-state index contributed by atoms with van der Waals surface area (Å²) in [5.41, 5.74) is 2.05. The number of thiazole rings is 1.